The highest BCUT2D eigenvalue weighted by Crippen LogP contribution is 2.34. The van der Waals surface area contributed by atoms with Gasteiger partial charge in [-0.15, -0.1) is 22.7 Å². The van der Waals surface area contributed by atoms with Gasteiger partial charge < -0.3 is 5.11 Å². The van der Waals surface area contributed by atoms with E-state index in [2.05, 4.69) is 0 Å². The zero-order valence-electron chi connectivity index (χ0n) is 8.76. The molecular weight excluding hydrogens is 255 g/mol. The highest BCUT2D eigenvalue weighted by Gasteiger charge is 2.14. The van der Waals surface area contributed by atoms with Crippen LogP contribution < -0.4 is 0 Å². The van der Waals surface area contributed by atoms with Gasteiger partial charge in [-0.05, 0) is 35.0 Å². The fraction of sp³-hybridized carbons (Fsp3) is 0.0769. The van der Waals surface area contributed by atoms with E-state index in [0.717, 1.165) is 19.8 Å². The van der Waals surface area contributed by atoms with E-state index in [1.54, 1.807) is 6.07 Å². The molecule has 0 radical (unpaired) electrons. The van der Waals surface area contributed by atoms with Crippen LogP contribution in [0.5, 0.6) is 0 Å². The van der Waals surface area contributed by atoms with E-state index in [-0.39, 0.29) is 5.82 Å². The molecular formula is C13H9FOS2. The minimum atomic E-state index is -0.601. The van der Waals surface area contributed by atoms with Crippen LogP contribution in [0.15, 0.2) is 41.8 Å². The summed E-state index contributed by atoms with van der Waals surface area (Å²) in [6.45, 7) is 0. The zero-order valence-corrected chi connectivity index (χ0v) is 10.4. The summed E-state index contributed by atoms with van der Waals surface area (Å²) in [6.07, 6.45) is -0.601. The first kappa shape index (κ1) is 10.9. The lowest BCUT2D eigenvalue weighted by atomic mass is 10.2. The molecule has 0 aliphatic rings. The predicted octanol–water partition coefficient (Wildman–Crippen LogP) is 4.18. The van der Waals surface area contributed by atoms with Crippen molar-refractivity contribution in [3.05, 3.63) is 57.3 Å². The lowest BCUT2D eigenvalue weighted by Gasteiger charge is -2.04. The molecule has 4 heteroatoms. The smallest absolute Gasteiger partial charge is 0.124 e. The number of benzene rings is 1. The van der Waals surface area contributed by atoms with Crippen molar-refractivity contribution in [3.8, 4) is 0 Å². The van der Waals surface area contributed by atoms with E-state index < -0.39 is 6.10 Å². The standard InChI is InChI=1S/C13H9FOS2/c14-9-4-3-8-6-12(17-11(8)7-9)13(15)10-2-1-5-16-10/h1-7,13,15H. The van der Waals surface area contributed by atoms with Crippen molar-refractivity contribution in [1.82, 2.24) is 0 Å². The van der Waals surface area contributed by atoms with Gasteiger partial charge in [0.1, 0.15) is 11.9 Å². The molecule has 0 aliphatic heterocycles. The Morgan fingerprint density at radius 2 is 2.00 bits per heavy atom. The first-order chi connectivity index (χ1) is 8.24. The van der Waals surface area contributed by atoms with E-state index in [9.17, 15) is 9.50 Å². The summed E-state index contributed by atoms with van der Waals surface area (Å²) in [4.78, 5) is 1.77. The van der Waals surface area contributed by atoms with Crippen LogP contribution in [0.2, 0.25) is 0 Å². The van der Waals surface area contributed by atoms with E-state index in [1.807, 2.05) is 23.6 Å². The molecule has 1 atom stereocenters. The van der Waals surface area contributed by atoms with Crippen LogP contribution in [0, 0.1) is 5.82 Å². The number of hydrogen-bond donors (Lipinski definition) is 1. The van der Waals surface area contributed by atoms with Crippen molar-refractivity contribution in [3.63, 3.8) is 0 Å². The Kier molecular flexibility index (Phi) is 2.70. The summed E-state index contributed by atoms with van der Waals surface area (Å²) in [6, 6.07) is 10.4. The average Bonchev–Trinajstić information content (AvgIpc) is 2.96. The van der Waals surface area contributed by atoms with Crippen LogP contribution in [-0.2, 0) is 0 Å². The average molecular weight is 264 g/mol. The topological polar surface area (TPSA) is 20.2 Å². The summed E-state index contributed by atoms with van der Waals surface area (Å²) in [5.41, 5.74) is 0. The van der Waals surface area contributed by atoms with Crippen LogP contribution in [-0.4, -0.2) is 5.11 Å². The van der Waals surface area contributed by atoms with Crippen molar-refractivity contribution < 1.29 is 9.50 Å². The molecule has 2 heterocycles. The summed E-state index contributed by atoms with van der Waals surface area (Å²) >= 11 is 2.96. The van der Waals surface area contributed by atoms with Crippen molar-refractivity contribution in [1.29, 1.82) is 0 Å². The SMILES string of the molecule is OC(c1cccs1)c1cc2ccc(F)cc2s1. The maximum absolute atomic E-state index is 13.1. The van der Waals surface area contributed by atoms with Gasteiger partial charge in [-0.1, -0.05) is 12.1 Å². The molecule has 1 aromatic carbocycles. The maximum Gasteiger partial charge on any atom is 0.124 e. The highest BCUT2D eigenvalue weighted by molar-refractivity contribution is 7.19. The van der Waals surface area contributed by atoms with Gasteiger partial charge in [-0.2, -0.15) is 0 Å². The Morgan fingerprint density at radius 3 is 2.76 bits per heavy atom. The third-order valence-corrected chi connectivity index (χ3v) is 4.66. The molecule has 1 nitrogen and oxygen atoms in total. The Labute approximate surface area is 106 Å². The number of aliphatic hydroxyl groups is 1. The number of aliphatic hydroxyl groups excluding tert-OH is 1. The normalized spacial score (nSPS) is 13.1. The monoisotopic (exact) mass is 264 g/mol. The summed E-state index contributed by atoms with van der Waals surface area (Å²) < 4.78 is 13.9. The largest absolute Gasteiger partial charge is 0.382 e. The number of thiophene rings is 2. The van der Waals surface area contributed by atoms with Crippen LogP contribution in [0.1, 0.15) is 15.9 Å². The van der Waals surface area contributed by atoms with Gasteiger partial charge in [-0.25, -0.2) is 4.39 Å². The Morgan fingerprint density at radius 1 is 1.12 bits per heavy atom. The molecule has 0 bridgehead atoms. The van der Waals surface area contributed by atoms with Gasteiger partial charge in [0.2, 0.25) is 0 Å². The molecule has 0 saturated carbocycles. The second-order valence-corrected chi connectivity index (χ2v) is 5.84. The van der Waals surface area contributed by atoms with Crippen LogP contribution in [0.3, 0.4) is 0 Å². The molecule has 2 aromatic heterocycles. The number of halogens is 1. The van der Waals surface area contributed by atoms with Crippen LogP contribution in [0.25, 0.3) is 10.1 Å². The number of rotatable bonds is 2. The lowest BCUT2D eigenvalue weighted by Crippen LogP contribution is -1.92. The molecule has 0 fully saturated rings. The van der Waals surface area contributed by atoms with Crippen molar-refractivity contribution in [2.45, 2.75) is 6.10 Å². The van der Waals surface area contributed by atoms with Gasteiger partial charge in [0, 0.05) is 14.5 Å². The first-order valence-corrected chi connectivity index (χ1v) is 6.84. The Bertz CT molecular complexity index is 643. The Balaban J connectivity index is 2.06. The van der Waals surface area contributed by atoms with E-state index in [0.29, 0.717) is 0 Å². The second kappa shape index (κ2) is 4.22. The molecule has 1 N–H and O–H groups in total. The molecule has 86 valence electrons. The lowest BCUT2D eigenvalue weighted by molar-refractivity contribution is 0.228. The van der Waals surface area contributed by atoms with Crippen molar-refractivity contribution >= 4 is 32.8 Å². The van der Waals surface area contributed by atoms with Gasteiger partial charge in [-0.3, -0.25) is 0 Å². The molecule has 3 aromatic rings. The predicted molar refractivity (Wildman–Crippen MR) is 70.2 cm³/mol. The molecule has 17 heavy (non-hydrogen) atoms. The third kappa shape index (κ3) is 1.99. The van der Waals surface area contributed by atoms with Crippen molar-refractivity contribution in [2.75, 3.05) is 0 Å². The van der Waals surface area contributed by atoms with E-state index >= 15 is 0 Å². The quantitative estimate of drug-likeness (QED) is 0.736. The fourth-order valence-corrected chi connectivity index (χ4v) is 3.64. The molecule has 3 rings (SSSR count). The van der Waals surface area contributed by atoms with Gasteiger partial charge >= 0.3 is 0 Å². The molecule has 1 unspecified atom stereocenters. The fourth-order valence-electron chi connectivity index (χ4n) is 1.75. The summed E-state index contributed by atoms with van der Waals surface area (Å²) in [5.74, 6) is -0.239. The zero-order chi connectivity index (χ0) is 11.8. The molecule has 0 amide bonds. The van der Waals surface area contributed by atoms with Crippen LogP contribution >= 0.6 is 22.7 Å². The van der Waals surface area contributed by atoms with Crippen LogP contribution in [0.4, 0.5) is 4.39 Å². The number of hydrogen-bond acceptors (Lipinski definition) is 3. The van der Waals surface area contributed by atoms with Crippen molar-refractivity contribution in [2.24, 2.45) is 0 Å². The molecule has 0 saturated heterocycles. The van der Waals surface area contributed by atoms with Gasteiger partial charge in [0.15, 0.2) is 0 Å². The minimum Gasteiger partial charge on any atom is -0.382 e. The summed E-state index contributed by atoms with van der Waals surface area (Å²) in [5, 5.41) is 13.1. The Hall–Kier alpha value is -1.23. The molecule has 0 spiro atoms. The second-order valence-electron chi connectivity index (χ2n) is 3.75. The van der Waals surface area contributed by atoms with Gasteiger partial charge in [0.25, 0.3) is 0 Å². The van der Waals surface area contributed by atoms with E-state index in [4.69, 9.17) is 0 Å². The number of fused-ring (bicyclic) bond motifs is 1. The maximum atomic E-state index is 13.1. The summed E-state index contributed by atoms with van der Waals surface area (Å²) in [7, 11) is 0. The molecule has 0 aliphatic carbocycles. The minimum absolute atomic E-state index is 0.239. The van der Waals surface area contributed by atoms with Gasteiger partial charge in [0.05, 0.1) is 0 Å². The van der Waals surface area contributed by atoms with E-state index in [1.165, 1.54) is 34.8 Å². The third-order valence-electron chi connectivity index (χ3n) is 2.58. The first-order valence-electron chi connectivity index (χ1n) is 5.14. The highest BCUT2D eigenvalue weighted by atomic mass is 32.1.